The van der Waals surface area contributed by atoms with E-state index in [1.54, 1.807) is 0 Å². The summed E-state index contributed by atoms with van der Waals surface area (Å²) < 4.78 is 6.42. The minimum absolute atomic E-state index is 0.423. The van der Waals surface area contributed by atoms with E-state index in [4.69, 9.17) is 9.40 Å². The average Bonchev–Trinajstić information content (AvgIpc) is 3.29. The van der Waals surface area contributed by atoms with Gasteiger partial charge in [-0.05, 0) is 75.7 Å². The molecule has 2 aliphatic carbocycles. The molecule has 2 fully saturated rings. The fourth-order valence-corrected chi connectivity index (χ4v) is 5.00. The van der Waals surface area contributed by atoms with Gasteiger partial charge < -0.3 is 9.32 Å². The number of hydrogen-bond donors (Lipinski definition) is 0. The smallest absolute Gasteiger partial charge is 0.198 e. The summed E-state index contributed by atoms with van der Waals surface area (Å²) >= 11 is 0. The molecule has 0 N–H and O–H groups in total. The van der Waals surface area contributed by atoms with Crippen LogP contribution in [0.25, 0.3) is 22.2 Å². The molecule has 2 aromatic carbocycles. The van der Waals surface area contributed by atoms with Crippen molar-refractivity contribution in [1.82, 2.24) is 9.88 Å². The summed E-state index contributed by atoms with van der Waals surface area (Å²) in [5, 5.41) is 9.98. The quantitative estimate of drug-likeness (QED) is 0.574. The van der Waals surface area contributed by atoms with E-state index in [0.717, 1.165) is 53.8 Å². The van der Waals surface area contributed by atoms with E-state index >= 15 is 0 Å². The van der Waals surface area contributed by atoms with E-state index in [2.05, 4.69) is 56.3 Å². The van der Waals surface area contributed by atoms with Gasteiger partial charge in [0.05, 0.1) is 5.56 Å². The lowest BCUT2D eigenvalue weighted by Gasteiger charge is -2.22. The Labute approximate surface area is 172 Å². The Bertz CT molecular complexity index is 1100. The molecule has 0 aliphatic heterocycles. The van der Waals surface area contributed by atoms with Gasteiger partial charge in [0.1, 0.15) is 11.6 Å². The lowest BCUT2D eigenvalue weighted by atomic mass is 9.84. The van der Waals surface area contributed by atoms with Gasteiger partial charge in [-0.3, -0.25) is 0 Å². The Kier molecular flexibility index (Phi) is 4.44. The van der Waals surface area contributed by atoms with Crippen LogP contribution in [-0.4, -0.2) is 30.0 Å². The molecular formula is C25H27N3O. The Balaban J connectivity index is 1.79. The van der Waals surface area contributed by atoms with Crippen molar-refractivity contribution in [3.63, 3.8) is 0 Å². The zero-order valence-electron chi connectivity index (χ0n) is 17.4. The number of nitrogens with zero attached hydrogens (tertiary/aromatic N) is 3. The van der Waals surface area contributed by atoms with Crippen LogP contribution < -0.4 is 0 Å². The summed E-state index contributed by atoms with van der Waals surface area (Å²) in [7, 11) is 4.34. The van der Waals surface area contributed by atoms with Crippen LogP contribution in [0, 0.1) is 18.3 Å². The van der Waals surface area contributed by atoms with Crippen LogP contribution in [0.15, 0.2) is 34.7 Å². The highest BCUT2D eigenvalue weighted by Gasteiger charge is 2.35. The second kappa shape index (κ2) is 7.00. The van der Waals surface area contributed by atoms with Gasteiger partial charge in [0.2, 0.25) is 0 Å². The molecule has 4 heteroatoms. The molecule has 4 nitrogen and oxygen atoms in total. The highest BCUT2D eigenvalue weighted by molar-refractivity contribution is 5.93. The minimum atomic E-state index is 0.423. The summed E-state index contributed by atoms with van der Waals surface area (Å²) in [6.45, 7) is 2.08. The van der Waals surface area contributed by atoms with Crippen LogP contribution in [0.1, 0.15) is 66.5 Å². The van der Waals surface area contributed by atoms with Gasteiger partial charge in [-0.1, -0.05) is 30.3 Å². The number of nitriles is 1. The van der Waals surface area contributed by atoms with Crippen molar-refractivity contribution in [2.45, 2.75) is 56.9 Å². The number of fused-ring (bicyclic) bond motifs is 1. The van der Waals surface area contributed by atoms with Crippen LogP contribution in [0.5, 0.6) is 0 Å². The highest BCUT2D eigenvalue weighted by atomic mass is 16.3. The maximum absolute atomic E-state index is 9.98. The molecule has 0 saturated heterocycles. The van der Waals surface area contributed by atoms with E-state index in [9.17, 15) is 5.26 Å². The molecule has 3 aromatic rings. The first-order valence-corrected chi connectivity index (χ1v) is 10.7. The molecule has 29 heavy (non-hydrogen) atoms. The number of oxazole rings is 1. The molecule has 0 radical (unpaired) electrons. The Morgan fingerprint density at radius 3 is 2.41 bits per heavy atom. The van der Waals surface area contributed by atoms with Gasteiger partial charge in [-0.15, -0.1) is 0 Å². The molecule has 148 valence electrons. The normalized spacial score (nSPS) is 21.8. The molecule has 2 atom stereocenters. The summed E-state index contributed by atoms with van der Waals surface area (Å²) in [5.41, 5.74) is 6.94. The predicted molar refractivity (Wildman–Crippen MR) is 115 cm³/mol. The molecule has 1 aromatic heterocycles. The molecule has 2 saturated carbocycles. The first-order valence-electron chi connectivity index (χ1n) is 10.7. The maximum Gasteiger partial charge on any atom is 0.198 e. The van der Waals surface area contributed by atoms with Crippen molar-refractivity contribution >= 4 is 11.1 Å². The molecule has 0 spiro atoms. The maximum atomic E-state index is 9.98. The lowest BCUT2D eigenvalue weighted by Crippen LogP contribution is -2.24. The number of rotatable bonds is 4. The summed E-state index contributed by atoms with van der Waals surface area (Å²) in [6, 6.07) is 13.5. The first kappa shape index (κ1) is 18.4. The zero-order valence-corrected chi connectivity index (χ0v) is 17.4. The largest absolute Gasteiger partial charge is 0.440 e. The molecule has 0 unspecified atom stereocenters. The van der Waals surface area contributed by atoms with E-state index < -0.39 is 0 Å². The minimum Gasteiger partial charge on any atom is -0.440 e. The summed E-state index contributed by atoms with van der Waals surface area (Å²) in [5.74, 6) is 1.68. The van der Waals surface area contributed by atoms with Crippen LogP contribution >= 0.6 is 0 Å². The average molecular weight is 386 g/mol. The second-order valence-corrected chi connectivity index (χ2v) is 8.90. The van der Waals surface area contributed by atoms with E-state index in [0.29, 0.717) is 23.4 Å². The summed E-state index contributed by atoms with van der Waals surface area (Å²) in [4.78, 5) is 7.17. The molecule has 5 rings (SSSR count). The lowest BCUT2D eigenvalue weighted by molar-refractivity contribution is 0.296. The third-order valence-electron chi connectivity index (χ3n) is 6.79. The van der Waals surface area contributed by atoms with E-state index in [1.165, 1.54) is 17.5 Å². The van der Waals surface area contributed by atoms with Crippen molar-refractivity contribution < 1.29 is 4.42 Å². The van der Waals surface area contributed by atoms with Crippen LogP contribution in [-0.2, 0) is 0 Å². The van der Waals surface area contributed by atoms with E-state index in [-0.39, 0.29) is 0 Å². The molecule has 0 bridgehead atoms. The Hall–Kier alpha value is -2.64. The van der Waals surface area contributed by atoms with Crippen molar-refractivity contribution in [3.05, 3.63) is 52.9 Å². The van der Waals surface area contributed by atoms with E-state index in [1.807, 2.05) is 6.07 Å². The molecule has 2 aliphatic rings. The van der Waals surface area contributed by atoms with Gasteiger partial charge in [-0.2, -0.15) is 5.26 Å². The standard InChI is InChI=1S/C25H27N3O/c1-15-20(14-26)23-24(29-25(27-23)17-9-10-17)22(18-11-12-19(13-18)28(2)3)21(15)16-7-5-4-6-8-16/h4-8,17-19H,9-13H2,1-3H3/t18-,19-/m1/s1. The van der Waals surface area contributed by atoms with Crippen molar-refractivity contribution in [3.8, 4) is 17.2 Å². The van der Waals surface area contributed by atoms with Crippen molar-refractivity contribution in [2.24, 2.45) is 0 Å². The van der Waals surface area contributed by atoms with Crippen LogP contribution in [0.3, 0.4) is 0 Å². The number of aromatic nitrogens is 1. The third kappa shape index (κ3) is 3.05. The van der Waals surface area contributed by atoms with Gasteiger partial charge in [0.15, 0.2) is 11.5 Å². The van der Waals surface area contributed by atoms with Crippen molar-refractivity contribution in [1.29, 1.82) is 5.26 Å². The van der Waals surface area contributed by atoms with Gasteiger partial charge in [0.25, 0.3) is 0 Å². The molecule has 1 heterocycles. The van der Waals surface area contributed by atoms with Crippen molar-refractivity contribution in [2.75, 3.05) is 14.1 Å². The zero-order chi connectivity index (χ0) is 20.1. The van der Waals surface area contributed by atoms with Crippen LogP contribution in [0.2, 0.25) is 0 Å². The summed E-state index contributed by atoms with van der Waals surface area (Å²) in [6.07, 6.45) is 5.73. The SMILES string of the molecule is Cc1c(-c2ccccc2)c([C@@H]2CC[C@@H](N(C)C)C2)c2oc(C3CC3)nc2c1C#N. The number of hydrogen-bond acceptors (Lipinski definition) is 4. The first-order chi connectivity index (χ1) is 14.1. The fraction of sp³-hybridized carbons (Fsp3) is 0.440. The Morgan fingerprint density at radius 2 is 1.79 bits per heavy atom. The predicted octanol–water partition coefficient (Wildman–Crippen LogP) is 5.75. The second-order valence-electron chi connectivity index (χ2n) is 8.90. The fourth-order valence-electron chi connectivity index (χ4n) is 5.00. The third-order valence-corrected chi connectivity index (χ3v) is 6.79. The topological polar surface area (TPSA) is 53.1 Å². The molecular weight excluding hydrogens is 358 g/mol. The molecule has 0 amide bonds. The van der Waals surface area contributed by atoms with Gasteiger partial charge in [-0.25, -0.2) is 4.98 Å². The van der Waals surface area contributed by atoms with Gasteiger partial charge in [0, 0.05) is 17.5 Å². The highest BCUT2D eigenvalue weighted by Crippen LogP contribution is 2.48. The monoisotopic (exact) mass is 385 g/mol. The van der Waals surface area contributed by atoms with Crippen LogP contribution in [0.4, 0.5) is 0 Å². The Morgan fingerprint density at radius 1 is 1.07 bits per heavy atom. The van der Waals surface area contributed by atoms with Gasteiger partial charge >= 0.3 is 0 Å². The number of benzene rings is 2.